The lowest BCUT2D eigenvalue weighted by atomic mass is 10.9. The maximum atomic E-state index is 5.06. The molecule has 0 bridgehead atoms. The fourth-order valence-corrected chi connectivity index (χ4v) is 0. The SMILES string of the molecule is CC(Cl)(Cl)Cl.Cl/C=C\Cl. The van der Waals surface area contributed by atoms with E-state index in [0.717, 1.165) is 0 Å². The van der Waals surface area contributed by atoms with E-state index in [1.54, 1.807) is 0 Å². The van der Waals surface area contributed by atoms with E-state index >= 15 is 0 Å². The van der Waals surface area contributed by atoms with Crippen LogP contribution in [0, 0.1) is 0 Å². The molecule has 56 valence electrons. The monoisotopic (exact) mass is 228 g/mol. The van der Waals surface area contributed by atoms with Crippen LogP contribution in [-0.2, 0) is 0 Å². The molecule has 0 saturated heterocycles. The average Bonchev–Trinajstić information content (AvgIpc) is 1.61. The molecule has 0 aliphatic carbocycles. The molecule has 9 heavy (non-hydrogen) atoms. The van der Waals surface area contributed by atoms with Gasteiger partial charge in [0, 0.05) is 11.1 Å². The van der Waals surface area contributed by atoms with Gasteiger partial charge in [-0.05, 0) is 6.92 Å². The lowest BCUT2D eigenvalue weighted by Crippen LogP contribution is -1.87. The van der Waals surface area contributed by atoms with Gasteiger partial charge in [0.15, 0.2) is 3.79 Å². The van der Waals surface area contributed by atoms with Gasteiger partial charge in [-0.25, -0.2) is 0 Å². The second-order valence-corrected chi connectivity index (χ2v) is 4.39. The first-order valence-corrected chi connectivity index (χ1v) is 3.84. The van der Waals surface area contributed by atoms with Crippen LogP contribution in [0.4, 0.5) is 0 Å². The second kappa shape index (κ2) is 7.30. The smallest absolute Gasteiger partial charge is 0.0920 e. The van der Waals surface area contributed by atoms with Crippen LogP contribution >= 0.6 is 58.0 Å². The number of hydrogen-bond donors (Lipinski definition) is 0. The van der Waals surface area contributed by atoms with Gasteiger partial charge in [0.05, 0.1) is 0 Å². The lowest BCUT2D eigenvalue weighted by molar-refractivity contribution is 1.27. The van der Waals surface area contributed by atoms with Gasteiger partial charge in [-0.15, -0.1) is 0 Å². The van der Waals surface area contributed by atoms with Crippen molar-refractivity contribution < 1.29 is 0 Å². The third-order valence-electron chi connectivity index (χ3n) is 0.0476. The van der Waals surface area contributed by atoms with Gasteiger partial charge in [0.25, 0.3) is 0 Å². The first-order chi connectivity index (χ1) is 3.91. The van der Waals surface area contributed by atoms with Crippen molar-refractivity contribution in [3.8, 4) is 0 Å². The van der Waals surface area contributed by atoms with Crippen LogP contribution in [0.5, 0.6) is 0 Å². The highest BCUT2D eigenvalue weighted by atomic mass is 35.6. The molecule has 0 heterocycles. The molecule has 0 atom stereocenters. The van der Waals surface area contributed by atoms with Crippen LogP contribution in [0.3, 0.4) is 0 Å². The lowest BCUT2D eigenvalue weighted by Gasteiger charge is -1.94. The molecule has 0 aliphatic rings. The molecule has 0 aromatic heterocycles. The second-order valence-electron chi connectivity index (χ2n) is 1.03. The molecule has 0 radical (unpaired) electrons. The van der Waals surface area contributed by atoms with Crippen molar-refractivity contribution in [1.82, 2.24) is 0 Å². The molecule has 0 unspecified atom stereocenters. The summed E-state index contributed by atoms with van der Waals surface area (Å²) < 4.78 is -1.08. The minimum absolute atomic E-state index is 1.08. The summed E-state index contributed by atoms with van der Waals surface area (Å²) >= 11 is 24.9. The van der Waals surface area contributed by atoms with Crippen molar-refractivity contribution in [2.45, 2.75) is 10.7 Å². The number of rotatable bonds is 0. The minimum Gasteiger partial charge on any atom is -0.0920 e. The van der Waals surface area contributed by atoms with Crippen molar-refractivity contribution in [2.75, 3.05) is 0 Å². The van der Waals surface area contributed by atoms with Gasteiger partial charge in [-0.3, -0.25) is 0 Å². The molecule has 0 rings (SSSR count). The fraction of sp³-hybridized carbons (Fsp3) is 0.500. The van der Waals surface area contributed by atoms with E-state index < -0.39 is 3.79 Å². The number of hydrogen-bond acceptors (Lipinski definition) is 0. The summed E-state index contributed by atoms with van der Waals surface area (Å²) in [5.74, 6) is 0. The summed E-state index contributed by atoms with van der Waals surface area (Å²) in [6.07, 6.45) is 0. The van der Waals surface area contributed by atoms with Crippen LogP contribution in [0.2, 0.25) is 0 Å². The van der Waals surface area contributed by atoms with E-state index in [1.807, 2.05) is 0 Å². The van der Waals surface area contributed by atoms with Crippen LogP contribution in [-0.4, -0.2) is 3.79 Å². The maximum Gasteiger partial charge on any atom is 0.187 e. The van der Waals surface area contributed by atoms with Gasteiger partial charge in [0.2, 0.25) is 0 Å². The molecule has 0 spiro atoms. The Kier molecular flexibility index (Phi) is 10.4. The largest absolute Gasteiger partial charge is 0.187 e. The first-order valence-electron chi connectivity index (χ1n) is 1.84. The summed E-state index contributed by atoms with van der Waals surface area (Å²) in [6, 6.07) is 0. The maximum absolute atomic E-state index is 5.06. The van der Waals surface area contributed by atoms with Gasteiger partial charge in [-0.2, -0.15) is 0 Å². The number of alkyl halides is 3. The zero-order valence-electron chi connectivity index (χ0n) is 4.54. The third kappa shape index (κ3) is 99.1. The van der Waals surface area contributed by atoms with E-state index in [1.165, 1.54) is 18.0 Å². The Labute approximate surface area is 79.7 Å². The molecule has 0 N–H and O–H groups in total. The molecule has 0 aromatic carbocycles. The molecule has 0 fully saturated rings. The van der Waals surface area contributed by atoms with Crippen molar-refractivity contribution in [1.29, 1.82) is 0 Å². The predicted octanol–water partition coefficient (Wildman–Crippen LogP) is 4.31. The first kappa shape index (κ1) is 12.8. The Hall–Kier alpha value is 1.19. The van der Waals surface area contributed by atoms with Gasteiger partial charge in [0.1, 0.15) is 0 Å². The van der Waals surface area contributed by atoms with Crippen molar-refractivity contribution in [3.05, 3.63) is 11.1 Å². The third-order valence-corrected chi connectivity index (χ3v) is 0.429. The highest BCUT2D eigenvalue weighted by Gasteiger charge is 2.07. The minimum atomic E-state index is -1.08. The zero-order valence-corrected chi connectivity index (χ0v) is 8.32. The Morgan fingerprint density at radius 1 is 1.00 bits per heavy atom. The van der Waals surface area contributed by atoms with Crippen LogP contribution in [0.1, 0.15) is 6.92 Å². The summed E-state index contributed by atoms with van der Waals surface area (Å²) in [7, 11) is 0. The van der Waals surface area contributed by atoms with E-state index in [0.29, 0.717) is 0 Å². The Morgan fingerprint density at radius 3 is 1.11 bits per heavy atom. The van der Waals surface area contributed by atoms with Gasteiger partial charge in [-0.1, -0.05) is 58.0 Å². The molecular weight excluding hydrogens is 225 g/mol. The van der Waals surface area contributed by atoms with Crippen LogP contribution in [0.25, 0.3) is 0 Å². The van der Waals surface area contributed by atoms with E-state index in [-0.39, 0.29) is 0 Å². The molecule has 0 aliphatic heterocycles. The number of halogens is 5. The Balaban J connectivity index is 0. The summed E-state index contributed by atoms with van der Waals surface area (Å²) in [5.41, 5.74) is 2.48. The van der Waals surface area contributed by atoms with Crippen LogP contribution in [0.15, 0.2) is 11.1 Å². The Morgan fingerprint density at radius 2 is 1.11 bits per heavy atom. The van der Waals surface area contributed by atoms with Crippen molar-refractivity contribution in [2.24, 2.45) is 0 Å². The van der Waals surface area contributed by atoms with Crippen LogP contribution < -0.4 is 0 Å². The Bertz CT molecular complexity index is 61.5. The van der Waals surface area contributed by atoms with E-state index in [4.69, 9.17) is 58.0 Å². The zero-order chi connectivity index (χ0) is 7.91. The van der Waals surface area contributed by atoms with Gasteiger partial charge >= 0.3 is 0 Å². The molecule has 0 saturated carbocycles. The van der Waals surface area contributed by atoms with E-state index in [9.17, 15) is 0 Å². The van der Waals surface area contributed by atoms with Crippen molar-refractivity contribution >= 4 is 58.0 Å². The normalized spacial score (nSPS) is 10.9. The molecule has 5 heteroatoms. The van der Waals surface area contributed by atoms with E-state index in [2.05, 4.69) is 0 Å². The molecular formula is C4H5Cl5. The molecule has 0 nitrogen and oxygen atoms in total. The highest BCUT2D eigenvalue weighted by Crippen LogP contribution is 2.23. The molecule has 0 amide bonds. The molecule has 0 aromatic rings. The highest BCUT2D eigenvalue weighted by molar-refractivity contribution is 6.67. The summed E-state index contributed by atoms with van der Waals surface area (Å²) in [5, 5.41) is 0. The summed E-state index contributed by atoms with van der Waals surface area (Å²) in [6.45, 7) is 1.48. The fourth-order valence-electron chi connectivity index (χ4n) is 0. The summed E-state index contributed by atoms with van der Waals surface area (Å²) in [4.78, 5) is 0. The average molecular weight is 230 g/mol. The predicted molar refractivity (Wildman–Crippen MR) is 46.8 cm³/mol. The topological polar surface area (TPSA) is 0 Å². The van der Waals surface area contributed by atoms with Gasteiger partial charge < -0.3 is 0 Å². The standard InChI is InChI=1S/C2H3Cl3.C2H2Cl2/c1-2(3,4)5;3-1-2-4/h1H3;1-2H/b;2-1-. The van der Waals surface area contributed by atoms with Crippen molar-refractivity contribution in [3.63, 3.8) is 0 Å². The quantitative estimate of drug-likeness (QED) is 0.544.